The Morgan fingerprint density at radius 1 is 0.967 bits per heavy atom. The number of benzene rings is 2. The normalized spacial score (nSPS) is 10.5. The van der Waals surface area contributed by atoms with Crippen LogP contribution in [0.1, 0.15) is 62.4 Å². The maximum absolute atomic E-state index is 12.4. The molecule has 0 fully saturated rings. The van der Waals surface area contributed by atoms with Gasteiger partial charge >= 0.3 is 0 Å². The van der Waals surface area contributed by atoms with E-state index >= 15 is 0 Å². The Morgan fingerprint density at radius 2 is 1.63 bits per heavy atom. The van der Waals surface area contributed by atoms with E-state index in [9.17, 15) is 4.79 Å². The molecule has 2 aromatic rings. The van der Waals surface area contributed by atoms with Gasteiger partial charge in [-0.2, -0.15) is 0 Å². The summed E-state index contributed by atoms with van der Waals surface area (Å²) in [4.78, 5) is 12.4. The van der Waals surface area contributed by atoms with Crippen LogP contribution in [0.3, 0.4) is 0 Å². The third-order valence-electron chi connectivity index (χ3n) is 4.36. The summed E-state index contributed by atoms with van der Waals surface area (Å²) in [5, 5.41) is 6.05. The van der Waals surface area contributed by atoms with Crippen LogP contribution in [0.25, 0.3) is 0 Å². The standard InChI is InChI=1S/C24H32N2O3S/c1-4-5-6-7-16-28-21-14-10-20(11-15-21)23(27)26-24(30)25-17-19-8-12-22(13-9-19)29-18(2)3/h8-15,18H,4-7,16-17H2,1-3H3,(H2,25,26,27,30). The lowest BCUT2D eigenvalue weighted by atomic mass is 10.2. The quantitative estimate of drug-likeness (QED) is 0.379. The minimum absolute atomic E-state index is 0.142. The van der Waals surface area contributed by atoms with Crippen molar-refractivity contribution < 1.29 is 14.3 Å². The molecule has 0 aromatic heterocycles. The first-order valence-corrected chi connectivity index (χ1v) is 11.0. The predicted octanol–water partition coefficient (Wildman–Crippen LogP) is 5.24. The average Bonchev–Trinajstić information content (AvgIpc) is 2.73. The van der Waals surface area contributed by atoms with Crippen molar-refractivity contribution >= 4 is 23.2 Å². The van der Waals surface area contributed by atoms with Gasteiger partial charge in [0.05, 0.1) is 12.7 Å². The molecule has 0 aliphatic heterocycles. The highest BCUT2D eigenvalue weighted by Gasteiger charge is 2.08. The van der Waals surface area contributed by atoms with Crippen LogP contribution in [-0.2, 0) is 6.54 Å². The van der Waals surface area contributed by atoms with Gasteiger partial charge in [-0.15, -0.1) is 0 Å². The molecule has 162 valence electrons. The molecule has 1 amide bonds. The number of hydrogen-bond acceptors (Lipinski definition) is 4. The second-order valence-electron chi connectivity index (χ2n) is 7.38. The molecule has 2 N–H and O–H groups in total. The van der Waals surface area contributed by atoms with Gasteiger partial charge in [-0.3, -0.25) is 10.1 Å². The number of amides is 1. The smallest absolute Gasteiger partial charge is 0.257 e. The summed E-state index contributed by atoms with van der Waals surface area (Å²) < 4.78 is 11.3. The zero-order valence-electron chi connectivity index (χ0n) is 18.1. The van der Waals surface area contributed by atoms with Gasteiger partial charge in [0.15, 0.2) is 5.11 Å². The molecule has 0 aliphatic rings. The first-order chi connectivity index (χ1) is 14.5. The van der Waals surface area contributed by atoms with Gasteiger partial charge in [-0.05, 0) is 74.4 Å². The van der Waals surface area contributed by atoms with Crippen LogP contribution in [0.2, 0.25) is 0 Å². The number of ether oxygens (including phenoxy) is 2. The predicted molar refractivity (Wildman–Crippen MR) is 125 cm³/mol. The van der Waals surface area contributed by atoms with Crippen LogP contribution in [0.4, 0.5) is 0 Å². The van der Waals surface area contributed by atoms with E-state index in [4.69, 9.17) is 21.7 Å². The van der Waals surface area contributed by atoms with Crippen molar-refractivity contribution in [1.82, 2.24) is 10.6 Å². The van der Waals surface area contributed by atoms with E-state index in [0.717, 1.165) is 23.5 Å². The second kappa shape index (κ2) is 12.9. The Hall–Kier alpha value is -2.60. The van der Waals surface area contributed by atoms with E-state index in [-0.39, 0.29) is 12.0 Å². The molecule has 6 heteroatoms. The van der Waals surface area contributed by atoms with Gasteiger partial charge in [0.2, 0.25) is 0 Å². The van der Waals surface area contributed by atoms with Crippen molar-refractivity contribution in [3.63, 3.8) is 0 Å². The molecule has 2 rings (SSSR count). The highest BCUT2D eigenvalue weighted by molar-refractivity contribution is 7.80. The van der Waals surface area contributed by atoms with Crippen LogP contribution >= 0.6 is 12.2 Å². The minimum atomic E-state index is -0.248. The van der Waals surface area contributed by atoms with Crippen molar-refractivity contribution in [3.8, 4) is 11.5 Å². The lowest BCUT2D eigenvalue weighted by molar-refractivity contribution is 0.0976. The summed E-state index contributed by atoms with van der Waals surface area (Å²) in [6.45, 7) is 7.39. The first kappa shape index (κ1) is 23.7. The highest BCUT2D eigenvalue weighted by atomic mass is 32.1. The molecule has 2 aromatic carbocycles. The maximum Gasteiger partial charge on any atom is 0.257 e. The molecule has 0 atom stereocenters. The van der Waals surface area contributed by atoms with Crippen molar-refractivity contribution in [2.24, 2.45) is 0 Å². The molecule has 0 saturated carbocycles. The molecule has 0 heterocycles. The van der Waals surface area contributed by atoms with Gasteiger partial charge in [0.25, 0.3) is 5.91 Å². The number of hydrogen-bond donors (Lipinski definition) is 2. The van der Waals surface area contributed by atoms with Crippen LogP contribution in [0.5, 0.6) is 11.5 Å². The van der Waals surface area contributed by atoms with E-state index < -0.39 is 0 Å². The number of carbonyl (C=O) groups excluding carboxylic acids is 1. The van der Waals surface area contributed by atoms with Gasteiger partial charge in [-0.25, -0.2) is 0 Å². The van der Waals surface area contributed by atoms with Crippen molar-refractivity contribution in [3.05, 3.63) is 59.7 Å². The van der Waals surface area contributed by atoms with Crippen LogP contribution in [0.15, 0.2) is 48.5 Å². The van der Waals surface area contributed by atoms with Crippen molar-refractivity contribution in [2.75, 3.05) is 6.61 Å². The van der Waals surface area contributed by atoms with E-state index in [1.165, 1.54) is 19.3 Å². The topological polar surface area (TPSA) is 59.6 Å². The van der Waals surface area contributed by atoms with Gasteiger partial charge in [0.1, 0.15) is 11.5 Å². The summed E-state index contributed by atoms with van der Waals surface area (Å²) in [5.41, 5.74) is 1.58. The monoisotopic (exact) mass is 428 g/mol. The molecule has 0 saturated heterocycles. The summed E-state index contributed by atoms with van der Waals surface area (Å²) in [5.74, 6) is 1.36. The Balaban J connectivity index is 1.73. The SMILES string of the molecule is CCCCCCOc1ccc(C(=O)NC(=S)NCc2ccc(OC(C)C)cc2)cc1. The highest BCUT2D eigenvalue weighted by Crippen LogP contribution is 2.14. The van der Waals surface area contributed by atoms with E-state index in [1.807, 2.05) is 50.2 Å². The van der Waals surface area contributed by atoms with Gasteiger partial charge < -0.3 is 14.8 Å². The fraction of sp³-hybridized carbons (Fsp3) is 0.417. The Labute approximate surface area is 185 Å². The summed E-state index contributed by atoms with van der Waals surface area (Å²) in [6.07, 6.45) is 4.80. The number of unbranched alkanes of at least 4 members (excludes halogenated alkanes) is 3. The van der Waals surface area contributed by atoms with E-state index in [2.05, 4.69) is 17.6 Å². The summed E-state index contributed by atoms with van der Waals surface area (Å²) in [6, 6.07) is 14.9. The van der Waals surface area contributed by atoms with Gasteiger partial charge in [0, 0.05) is 12.1 Å². The lowest BCUT2D eigenvalue weighted by Gasteiger charge is -2.12. The number of carbonyl (C=O) groups is 1. The third kappa shape index (κ3) is 8.82. The van der Waals surface area contributed by atoms with Crippen LogP contribution in [-0.4, -0.2) is 23.7 Å². The largest absolute Gasteiger partial charge is 0.494 e. The molecule has 0 unspecified atom stereocenters. The molecular weight excluding hydrogens is 396 g/mol. The third-order valence-corrected chi connectivity index (χ3v) is 4.60. The molecule has 0 spiro atoms. The first-order valence-electron chi connectivity index (χ1n) is 10.6. The average molecular weight is 429 g/mol. The van der Waals surface area contributed by atoms with E-state index in [0.29, 0.717) is 23.8 Å². The molecule has 0 radical (unpaired) electrons. The fourth-order valence-electron chi connectivity index (χ4n) is 2.78. The Bertz CT molecular complexity index is 789. The van der Waals surface area contributed by atoms with Gasteiger partial charge in [-0.1, -0.05) is 38.3 Å². The molecule has 30 heavy (non-hydrogen) atoms. The zero-order valence-corrected chi connectivity index (χ0v) is 18.9. The Kier molecular flexibility index (Phi) is 10.1. The molecular formula is C24H32N2O3S. The maximum atomic E-state index is 12.4. The van der Waals surface area contributed by atoms with Crippen molar-refractivity contribution in [1.29, 1.82) is 0 Å². The second-order valence-corrected chi connectivity index (χ2v) is 7.79. The van der Waals surface area contributed by atoms with Crippen LogP contribution < -0.4 is 20.1 Å². The van der Waals surface area contributed by atoms with Crippen LogP contribution in [0, 0.1) is 0 Å². The molecule has 0 bridgehead atoms. The van der Waals surface area contributed by atoms with E-state index in [1.54, 1.807) is 12.1 Å². The number of nitrogens with one attached hydrogen (secondary N) is 2. The lowest BCUT2D eigenvalue weighted by Crippen LogP contribution is -2.38. The summed E-state index contributed by atoms with van der Waals surface area (Å²) >= 11 is 5.24. The Morgan fingerprint density at radius 3 is 2.27 bits per heavy atom. The molecule has 5 nitrogen and oxygen atoms in total. The van der Waals surface area contributed by atoms with Crippen molar-refractivity contribution in [2.45, 2.75) is 59.1 Å². The fourth-order valence-corrected chi connectivity index (χ4v) is 2.95. The minimum Gasteiger partial charge on any atom is -0.494 e. The summed E-state index contributed by atoms with van der Waals surface area (Å²) in [7, 11) is 0. The number of rotatable bonds is 11. The zero-order chi connectivity index (χ0) is 21.8. The molecule has 0 aliphatic carbocycles. The number of thiocarbonyl (C=S) groups is 1.